The van der Waals surface area contributed by atoms with Crippen molar-refractivity contribution in [2.75, 3.05) is 37.6 Å². The molecular weight excluding hydrogens is 547 g/mol. The van der Waals surface area contributed by atoms with Crippen LogP contribution in [0.5, 0.6) is 0 Å². The van der Waals surface area contributed by atoms with Gasteiger partial charge in [-0.1, -0.05) is 18.9 Å². The van der Waals surface area contributed by atoms with Crippen molar-refractivity contribution in [1.29, 1.82) is 10.5 Å². The topological polar surface area (TPSA) is 109 Å². The number of amides is 3. The van der Waals surface area contributed by atoms with Gasteiger partial charge < -0.3 is 4.90 Å². The molecule has 2 heterocycles. The number of unbranched alkanes of at least 4 members (excludes halogenated alkanes) is 3. The quantitative estimate of drug-likeness (QED) is 0.305. The fourth-order valence-electron chi connectivity index (χ4n) is 5.29. The van der Waals surface area contributed by atoms with Crippen LogP contribution in [0.25, 0.3) is 0 Å². The van der Waals surface area contributed by atoms with Crippen molar-refractivity contribution in [2.45, 2.75) is 45.2 Å². The number of carbonyl (C=O) groups excluding carboxylic acids is 3. The van der Waals surface area contributed by atoms with Gasteiger partial charge in [-0.2, -0.15) is 23.7 Å². The van der Waals surface area contributed by atoms with Crippen molar-refractivity contribution in [3.63, 3.8) is 0 Å². The molecule has 2 aromatic carbocycles. The molecule has 2 aliphatic heterocycles. The number of benzene rings is 2. The highest BCUT2D eigenvalue weighted by molar-refractivity contribution is 6.32. The van der Waals surface area contributed by atoms with E-state index >= 15 is 0 Å². The van der Waals surface area contributed by atoms with Crippen LogP contribution in [-0.4, -0.2) is 60.2 Å². The monoisotopic (exact) mass is 577 g/mol. The molecule has 0 unspecified atom stereocenters. The van der Waals surface area contributed by atoms with Gasteiger partial charge in [-0.25, -0.2) is 4.90 Å². The molecule has 1 fully saturated rings. The van der Waals surface area contributed by atoms with E-state index in [4.69, 9.17) is 10.5 Å². The Morgan fingerprint density at radius 3 is 2.29 bits per heavy atom. The first-order valence-corrected chi connectivity index (χ1v) is 13.8. The third kappa shape index (κ3) is 6.69. The number of hydrogen-bond acceptors (Lipinski definition) is 6. The third-order valence-electron chi connectivity index (χ3n) is 7.67. The Kier molecular flexibility index (Phi) is 9.44. The van der Waals surface area contributed by atoms with Gasteiger partial charge in [0.1, 0.15) is 0 Å². The number of nitrogens with zero attached hydrogens (tertiary/aromatic N) is 5. The molecular formula is C31H30F3N5O3. The van der Waals surface area contributed by atoms with Crippen LogP contribution in [0.2, 0.25) is 0 Å². The molecule has 0 aliphatic carbocycles. The second kappa shape index (κ2) is 13.0. The molecule has 0 saturated carbocycles. The van der Waals surface area contributed by atoms with Crippen LogP contribution < -0.4 is 4.90 Å². The summed E-state index contributed by atoms with van der Waals surface area (Å²) >= 11 is 0. The van der Waals surface area contributed by atoms with Crippen molar-refractivity contribution in [2.24, 2.45) is 0 Å². The number of hydrogen-bond donors (Lipinski definition) is 0. The van der Waals surface area contributed by atoms with Crippen molar-refractivity contribution < 1.29 is 27.6 Å². The van der Waals surface area contributed by atoms with Crippen LogP contribution in [0.4, 0.5) is 18.9 Å². The van der Waals surface area contributed by atoms with Crippen molar-refractivity contribution in [1.82, 2.24) is 9.80 Å². The number of anilines is 1. The summed E-state index contributed by atoms with van der Waals surface area (Å²) in [7, 11) is 0. The number of nitriles is 2. The van der Waals surface area contributed by atoms with Crippen LogP contribution in [-0.2, 0) is 15.8 Å². The maximum atomic E-state index is 13.4. The molecule has 0 atom stereocenters. The van der Waals surface area contributed by atoms with E-state index in [1.807, 2.05) is 0 Å². The van der Waals surface area contributed by atoms with E-state index in [2.05, 4.69) is 11.0 Å². The molecule has 2 aromatic rings. The molecule has 0 bridgehead atoms. The van der Waals surface area contributed by atoms with E-state index < -0.39 is 29.1 Å². The Hall–Kier alpha value is -4.48. The summed E-state index contributed by atoms with van der Waals surface area (Å²) in [6, 6.07) is 13.1. The third-order valence-corrected chi connectivity index (χ3v) is 7.67. The summed E-state index contributed by atoms with van der Waals surface area (Å²) in [5, 5.41) is 18.1. The van der Waals surface area contributed by atoms with Crippen LogP contribution in [0.3, 0.4) is 0 Å². The SMILES string of the molecule is CC1=C(CCCCCCN2CCN(C(=O)c3cccc(C#N)c3)CC2)C(=O)N(c2ccc(C#N)c(C(F)(F)F)c2)C1=O. The molecule has 3 amide bonds. The highest BCUT2D eigenvalue weighted by Gasteiger charge is 2.39. The van der Waals surface area contributed by atoms with Gasteiger partial charge in [0.05, 0.1) is 34.5 Å². The lowest BCUT2D eigenvalue weighted by molar-refractivity contribution is -0.138. The smallest absolute Gasteiger partial charge is 0.336 e. The van der Waals surface area contributed by atoms with E-state index in [0.29, 0.717) is 48.7 Å². The lowest BCUT2D eigenvalue weighted by Gasteiger charge is -2.34. The van der Waals surface area contributed by atoms with Crippen LogP contribution >= 0.6 is 0 Å². The number of piperazine rings is 1. The summed E-state index contributed by atoms with van der Waals surface area (Å²) in [6.07, 6.45) is -1.13. The van der Waals surface area contributed by atoms with E-state index in [0.717, 1.165) is 49.9 Å². The minimum Gasteiger partial charge on any atom is -0.336 e. The Labute approximate surface area is 242 Å². The zero-order chi connectivity index (χ0) is 30.4. The zero-order valence-electron chi connectivity index (χ0n) is 23.2. The predicted octanol–water partition coefficient (Wildman–Crippen LogP) is 5.05. The number of carbonyl (C=O) groups is 3. The van der Waals surface area contributed by atoms with Gasteiger partial charge in [-0.15, -0.1) is 0 Å². The van der Waals surface area contributed by atoms with Crippen LogP contribution in [0, 0.1) is 22.7 Å². The summed E-state index contributed by atoms with van der Waals surface area (Å²) in [5.41, 5.74) is -0.466. The maximum Gasteiger partial charge on any atom is 0.417 e. The van der Waals surface area contributed by atoms with E-state index in [1.54, 1.807) is 29.2 Å². The van der Waals surface area contributed by atoms with E-state index in [1.165, 1.54) is 19.1 Å². The first-order chi connectivity index (χ1) is 20.0. The fourth-order valence-corrected chi connectivity index (χ4v) is 5.29. The number of alkyl halides is 3. The minimum atomic E-state index is -4.80. The van der Waals surface area contributed by atoms with Gasteiger partial charge in [0.25, 0.3) is 17.7 Å². The Morgan fingerprint density at radius 2 is 1.62 bits per heavy atom. The highest BCUT2D eigenvalue weighted by Crippen LogP contribution is 2.37. The molecule has 4 rings (SSSR count). The molecule has 218 valence electrons. The highest BCUT2D eigenvalue weighted by atomic mass is 19.4. The molecule has 8 nitrogen and oxygen atoms in total. The minimum absolute atomic E-state index is 0.0742. The maximum absolute atomic E-state index is 13.4. The standard InChI is InChI=1S/C31H30F3N5O3/c1-21-26(30(42)39(28(21)40)25-11-10-24(20-36)27(18-25)31(32,33)34)9-4-2-3-5-12-37-13-15-38(16-14-37)29(41)23-8-6-7-22(17-23)19-35/h6-8,10-11,17-18H,2-5,9,12-16H2,1H3. The van der Waals surface area contributed by atoms with Gasteiger partial charge in [-0.3, -0.25) is 19.3 Å². The molecule has 1 saturated heterocycles. The first-order valence-electron chi connectivity index (χ1n) is 13.8. The molecule has 0 N–H and O–H groups in total. The summed E-state index contributed by atoms with van der Waals surface area (Å²) in [5.74, 6) is -1.35. The van der Waals surface area contributed by atoms with Crippen molar-refractivity contribution in [3.05, 3.63) is 75.9 Å². The second-order valence-electron chi connectivity index (χ2n) is 10.4. The summed E-state index contributed by atoms with van der Waals surface area (Å²) in [4.78, 5) is 43.4. The molecule has 0 aromatic heterocycles. The van der Waals surface area contributed by atoms with Crippen LogP contribution in [0.1, 0.15) is 66.1 Å². The molecule has 42 heavy (non-hydrogen) atoms. The number of imide groups is 1. The van der Waals surface area contributed by atoms with Gasteiger partial charge >= 0.3 is 6.18 Å². The van der Waals surface area contributed by atoms with E-state index in [-0.39, 0.29) is 17.2 Å². The number of halogens is 3. The van der Waals surface area contributed by atoms with Gasteiger partial charge in [0.15, 0.2) is 0 Å². The van der Waals surface area contributed by atoms with Gasteiger partial charge in [0, 0.05) is 42.9 Å². The Morgan fingerprint density at radius 1 is 0.905 bits per heavy atom. The lowest BCUT2D eigenvalue weighted by atomic mass is 10.0. The molecule has 0 spiro atoms. The first kappa shape index (κ1) is 30.5. The average Bonchev–Trinajstić information content (AvgIpc) is 3.20. The summed E-state index contributed by atoms with van der Waals surface area (Å²) in [6.45, 7) is 5.12. The fraction of sp³-hybridized carbons (Fsp3) is 0.387. The predicted molar refractivity (Wildman–Crippen MR) is 148 cm³/mol. The molecule has 2 aliphatic rings. The summed E-state index contributed by atoms with van der Waals surface area (Å²) < 4.78 is 40.2. The van der Waals surface area contributed by atoms with E-state index in [9.17, 15) is 27.6 Å². The lowest BCUT2D eigenvalue weighted by Crippen LogP contribution is -2.48. The van der Waals surface area contributed by atoms with Crippen molar-refractivity contribution in [3.8, 4) is 12.1 Å². The van der Waals surface area contributed by atoms with Gasteiger partial charge in [-0.05, 0) is 69.1 Å². The average molecular weight is 578 g/mol. The normalized spacial score (nSPS) is 16.1. The van der Waals surface area contributed by atoms with Gasteiger partial charge in [0.2, 0.25) is 0 Å². The molecule has 0 radical (unpaired) electrons. The molecule has 11 heteroatoms. The second-order valence-corrected chi connectivity index (χ2v) is 10.4. The largest absolute Gasteiger partial charge is 0.417 e. The Balaban J connectivity index is 1.21. The number of rotatable bonds is 9. The van der Waals surface area contributed by atoms with Crippen molar-refractivity contribution >= 4 is 23.4 Å². The zero-order valence-corrected chi connectivity index (χ0v) is 23.2. The van der Waals surface area contributed by atoms with Crippen LogP contribution in [0.15, 0.2) is 53.6 Å². The Bertz CT molecular complexity index is 1490.